The number of rotatable bonds is 6. The van der Waals surface area contributed by atoms with Gasteiger partial charge < -0.3 is 10.1 Å². The van der Waals surface area contributed by atoms with Crippen molar-refractivity contribution in [3.05, 3.63) is 69.7 Å². The van der Waals surface area contributed by atoms with Gasteiger partial charge in [-0.15, -0.1) is 0 Å². The number of benzene rings is 2. The highest BCUT2D eigenvalue weighted by Crippen LogP contribution is 2.22. The van der Waals surface area contributed by atoms with E-state index >= 15 is 0 Å². The van der Waals surface area contributed by atoms with Crippen molar-refractivity contribution in [2.75, 3.05) is 12.9 Å². The molecule has 0 aliphatic heterocycles. The Morgan fingerprint density at radius 3 is 2.08 bits per heavy atom. The molecule has 8 heteroatoms. The second-order valence-corrected chi connectivity index (χ2v) is 6.91. The second-order valence-electron chi connectivity index (χ2n) is 5.11. The van der Waals surface area contributed by atoms with Crippen LogP contribution in [0, 0.1) is 0 Å². The van der Waals surface area contributed by atoms with Crippen molar-refractivity contribution in [1.29, 1.82) is 0 Å². The number of halogens is 2. The summed E-state index contributed by atoms with van der Waals surface area (Å²) < 4.78 is 4.70. The van der Waals surface area contributed by atoms with Crippen molar-refractivity contribution in [2.45, 2.75) is 6.04 Å². The number of esters is 1. The minimum atomic E-state index is -1.01. The predicted molar refractivity (Wildman–Crippen MR) is 103 cm³/mol. The zero-order valence-corrected chi connectivity index (χ0v) is 16.0. The zero-order valence-electron chi connectivity index (χ0n) is 13.7. The van der Waals surface area contributed by atoms with E-state index in [1.807, 2.05) is 0 Å². The Bertz CT molecular complexity index is 828. The number of amides is 1. The molecule has 1 atom stereocenters. The van der Waals surface area contributed by atoms with Gasteiger partial charge in [0.2, 0.25) is 5.12 Å². The Morgan fingerprint density at radius 2 is 1.54 bits per heavy atom. The van der Waals surface area contributed by atoms with E-state index in [2.05, 4.69) is 5.32 Å². The number of hydrogen-bond acceptors (Lipinski definition) is 5. The number of nitrogens with one attached hydrogen (secondary N) is 1. The molecule has 0 spiro atoms. The summed E-state index contributed by atoms with van der Waals surface area (Å²) >= 11 is 12.9. The third-order valence-corrected chi connectivity index (χ3v) is 5.03. The van der Waals surface area contributed by atoms with Crippen molar-refractivity contribution in [3.8, 4) is 0 Å². The van der Waals surface area contributed by atoms with Crippen molar-refractivity contribution in [1.82, 2.24) is 5.32 Å². The topological polar surface area (TPSA) is 72.5 Å². The van der Waals surface area contributed by atoms with Crippen LogP contribution in [0.1, 0.15) is 20.7 Å². The number of thioether (sulfide) groups is 1. The first-order valence-corrected chi connectivity index (χ1v) is 9.23. The minimum absolute atomic E-state index is 0.00702. The molecule has 0 radical (unpaired) electrons. The molecule has 2 aromatic carbocycles. The summed E-state index contributed by atoms with van der Waals surface area (Å²) in [4.78, 5) is 36.6. The maximum atomic E-state index is 12.3. The maximum Gasteiger partial charge on any atom is 0.329 e. The van der Waals surface area contributed by atoms with E-state index in [-0.39, 0.29) is 21.5 Å². The van der Waals surface area contributed by atoms with Crippen LogP contribution in [0.15, 0.2) is 48.5 Å². The van der Waals surface area contributed by atoms with Gasteiger partial charge in [0.1, 0.15) is 6.04 Å². The smallest absolute Gasteiger partial charge is 0.329 e. The summed E-state index contributed by atoms with van der Waals surface area (Å²) in [5.41, 5.74) is 0.561. The van der Waals surface area contributed by atoms with E-state index in [0.29, 0.717) is 10.6 Å². The predicted octanol–water partition coefficient (Wildman–Crippen LogP) is 3.84. The lowest BCUT2D eigenvalue weighted by molar-refractivity contribution is -0.142. The molecule has 0 aliphatic rings. The van der Waals surface area contributed by atoms with Gasteiger partial charge in [-0.3, -0.25) is 9.59 Å². The number of carbonyl (C=O) groups excluding carboxylic acids is 3. The fraction of sp³-hybridized carbons (Fsp3) is 0.167. The lowest BCUT2D eigenvalue weighted by atomic mass is 10.2. The van der Waals surface area contributed by atoms with E-state index in [9.17, 15) is 14.4 Å². The van der Waals surface area contributed by atoms with Crippen molar-refractivity contribution in [3.63, 3.8) is 0 Å². The Balaban J connectivity index is 2.07. The molecule has 0 saturated heterocycles. The highest BCUT2D eigenvalue weighted by Gasteiger charge is 2.25. The fourth-order valence-corrected chi connectivity index (χ4v) is 3.43. The molecule has 1 amide bonds. The van der Waals surface area contributed by atoms with Gasteiger partial charge in [0, 0.05) is 11.3 Å². The Kier molecular flexibility index (Phi) is 7.50. The molecular formula is C18H15Cl2NO4S. The van der Waals surface area contributed by atoms with Gasteiger partial charge in [0.05, 0.1) is 22.7 Å². The van der Waals surface area contributed by atoms with Crippen LogP contribution in [-0.2, 0) is 9.53 Å². The zero-order chi connectivity index (χ0) is 19.1. The van der Waals surface area contributed by atoms with Gasteiger partial charge in [0.25, 0.3) is 5.91 Å². The molecule has 1 unspecified atom stereocenters. The molecule has 0 fully saturated rings. The molecular weight excluding hydrogens is 397 g/mol. The van der Waals surface area contributed by atoms with Crippen molar-refractivity contribution in [2.24, 2.45) is 0 Å². The monoisotopic (exact) mass is 411 g/mol. The first-order valence-electron chi connectivity index (χ1n) is 7.49. The van der Waals surface area contributed by atoms with Crippen LogP contribution in [-0.4, -0.2) is 35.9 Å². The van der Waals surface area contributed by atoms with Gasteiger partial charge >= 0.3 is 5.97 Å². The normalized spacial score (nSPS) is 11.5. The number of ether oxygens (including phenoxy) is 1. The minimum Gasteiger partial charge on any atom is -0.467 e. The lowest BCUT2D eigenvalue weighted by Crippen LogP contribution is -2.43. The molecule has 0 bridgehead atoms. The molecule has 0 saturated carbocycles. The standard InChI is InChI=1S/C18H15Cl2NO4S/c1-25-17(23)15(21-16(22)11-6-2-4-8-13(11)19)10-26-18(24)12-7-3-5-9-14(12)20/h2-9,15H,10H2,1H3,(H,21,22). The van der Waals surface area contributed by atoms with Gasteiger partial charge in [0.15, 0.2) is 0 Å². The van der Waals surface area contributed by atoms with E-state index in [1.54, 1.807) is 42.5 Å². The van der Waals surface area contributed by atoms with Crippen LogP contribution in [0.4, 0.5) is 0 Å². The van der Waals surface area contributed by atoms with E-state index < -0.39 is 17.9 Å². The third kappa shape index (κ3) is 5.24. The largest absolute Gasteiger partial charge is 0.467 e. The summed E-state index contributed by atoms with van der Waals surface area (Å²) in [6.07, 6.45) is 0. The molecule has 5 nitrogen and oxygen atoms in total. The van der Waals surface area contributed by atoms with Crippen LogP contribution >= 0.6 is 35.0 Å². The molecule has 0 aromatic heterocycles. The van der Waals surface area contributed by atoms with Crippen molar-refractivity contribution >= 4 is 52.0 Å². The lowest BCUT2D eigenvalue weighted by Gasteiger charge is -2.16. The average molecular weight is 412 g/mol. The third-order valence-electron chi connectivity index (χ3n) is 3.38. The maximum absolute atomic E-state index is 12.3. The van der Waals surface area contributed by atoms with Gasteiger partial charge in [-0.1, -0.05) is 59.2 Å². The average Bonchev–Trinajstić information content (AvgIpc) is 2.64. The molecule has 1 N–H and O–H groups in total. The van der Waals surface area contributed by atoms with Crippen LogP contribution in [0.2, 0.25) is 10.0 Å². The summed E-state index contributed by atoms with van der Waals surface area (Å²) in [5, 5.41) is 2.81. The first kappa shape index (κ1) is 20.3. The summed E-state index contributed by atoms with van der Waals surface area (Å²) in [6, 6.07) is 12.0. The number of methoxy groups -OCH3 is 1. The van der Waals surface area contributed by atoms with Crippen LogP contribution in [0.25, 0.3) is 0 Å². The number of carbonyl (C=O) groups is 3. The molecule has 0 aliphatic carbocycles. The number of hydrogen-bond donors (Lipinski definition) is 1. The Hall–Kier alpha value is -2.02. The van der Waals surface area contributed by atoms with E-state index in [4.69, 9.17) is 27.9 Å². The first-order chi connectivity index (χ1) is 12.4. The second kappa shape index (κ2) is 9.62. The van der Waals surface area contributed by atoms with Crippen LogP contribution in [0.3, 0.4) is 0 Å². The van der Waals surface area contributed by atoms with Gasteiger partial charge in [-0.2, -0.15) is 0 Å². The summed E-state index contributed by atoms with van der Waals surface area (Å²) in [6.45, 7) is 0. The fourth-order valence-electron chi connectivity index (χ4n) is 2.06. The Morgan fingerprint density at radius 1 is 1.00 bits per heavy atom. The summed E-state index contributed by atoms with van der Waals surface area (Å²) in [7, 11) is 1.21. The molecule has 26 heavy (non-hydrogen) atoms. The Labute approximate surface area is 165 Å². The molecule has 0 heterocycles. The summed E-state index contributed by atoms with van der Waals surface area (Å²) in [5.74, 6) is -1.20. The van der Waals surface area contributed by atoms with E-state index in [0.717, 1.165) is 11.8 Å². The van der Waals surface area contributed by atoms with E-state index in [1.165, 1.54) is 13.2 Å². The molecule has 2 aromatic rings. The molecule has 2 rings (SSSR count). The highest BCUT2D eigenvalue weighted by atomic mass is 35.5. The van der Waals surface area contributed by atoms with Gasteiger partial charge in [-0.05, 0) is 24.3 Å². The molecule has 136 valence electrons. The van der Waals surface area contributed by atoms with Crippen LogP contribution in [0.5, 0.6) is 0 Å². The highest BCUT2D eigenvalue weighted by molar-refractivity contribution is 8.14. The quantitative estimate of drug-likeness (QED) is 0.730. The van der Waals surface area contributed by atoms with Gasteiger partial charge in [-0.25, -0.2) is 4.79 Å². The van der Waals surface area contributed by atoms with Crippen LogP contribution < -0.4 is 5.32 Å². The SMILES string of the molecule is COC(=O)C(CSC(=O)c1ccccc1Cl)NC(=O)c1ccccc1Cl. The van der Waals surface area contributed by atoms with Crippen molar-refractivity contribution < 1.29 is 19.1 Å².